The van der Waals surface area contributed by atoms with Crippen molar-refractivity contribution in [3.8, 4) is 0 Å². The maximum atomic E-state index is 13.2. The van der Waals surface area contributed by atoms with Gasteiger partial charge in [-0.05, 0) is 33.0 Å². The summed E-state index contributed by atoms with van der Waals surface area (Å²) in [6, 6.07) is 0. The molecule has 0 amide bonds. The first-order chi connectivity index (χ1) is 6.64. The lowest BCUT2D eigenvalue weighted by Gasteiger charge is -2.25. The molecular formula is C10H20F2N2. The van der Waals surface area contributed by atoms with E-state index in [0.717, 1.165) is 25.9 Å². The van der Waals surface area contributed by atoms with E-state index < -0.39 is 5.92 Å². The zero-order chi connectivity index (χ0) is 10.4. The summed E-state index contributed by atoms with van der Waals surface area (Å²) in [7, 11) is 1.57. The van der Waals surface area contributed by atoms with Crippen LogP contribution < -0.4 is 5.32 Å². The van der Waals surface area contributed by atoms with Gasteiger partial charge in [0.1, 0.15) is 0 Å². The molecule has 14 heavy (non-hydrogen) atoms. The third-order valence-corrected chi connectivity index (χ3v) is 2.59. The SMILES string of the molecule is CNCC(F)(F)CN1CCCCCC1. The summed E-state index contributed by atoms with van der Waals surface area (Å²) in [5, 5.41) is 2.54. The molecular weight excluding hydrogens is 186 g/mol. The second-order valence-electron chi connectivity index (χ2n) is 4.08. The van der Waals surface area contributed by atoms with E-state index in [-0.39, 0.29) is 13.1 Å². The van der Waals surface area contributed by atoms with Gasteiger partial charge in [-0.2, -0.15) is 0 Å². The third-order valence-electron chi connectivity index (χ3n) is 2.59. The van der Waals surface area contributed by atoms with Crippen LogP contribution in [0.15, 0.2) is 0 Å². The van der Waals surface area contributed by atoms with Gasteiger partial charge in [0.25, 0.3) is 5.92 Å². The molecule has 0 aromatic rings. The quantitative estimate of drug-likeness (QED) is 0.753. The zero-order valence-electron chi connectivity index (χ0n) is 8.86. The molecule has 1 saturated heterocycles. The minimum atomic E-state index is -2.58. The maximum Gasteiger partial charge on any atom is 0.272 e. The van der Waals surface area contributed by atoms with E-state index >= 15 is 0 Å². The van der Waals surface area contributed by atoms with Gasteiger partial charge < -0.3 is 5.32 Å². The van der Waals surface area contributed by atoms with Crippen LogP contribution in [0.3, 0.4) is 0 Å². The van der Waals surface area contributed by atoms with Crippen LogP contribution in [0.1, 0.15) is 25.7 Å². The van der Waals surface area contributed by atoms with Gasteiger partial charge >= 0.3 is 0 Å². The molecule has 0 aromatic heterocycles. The molecule has 0 bridgehead atoms. The molecule has 1 N–H and O–H groups in total. The molecule has 1 rings (SSSR count). The van der Waals surface area contributed by atoms with Crippen molar-refractivity contribution in [2.75, 3.05) is 33.2 Å². The van der Waals surface area contributed by atoms with Crippen molar-refractivity contribution in [3.63, 3.8) is 0 Å². The first kappa shape index (κ1) is 11.9. The summed E-state index contributed by atoms with van der Waals surface area (Å²) in [5.74, 6) is -2.58. The first-order valence-corrected chi connectivity index (χ1v) is 5.39. The number of alkyl halides is 2. The van der Waals surface area contributed by atoms with Crippen molar-refractivity contribution in [3.05, 3.63) is 0 Å². The number of halogens is 2. The highest BCUT2D eigenvalue weighted by atomic mass is 19.3. The van der Waals surface area contributed by atoms with Gasteiger partial charge in [0, 0.05) is 0 Å². The predicted octanol–water partition coefficient (Wildman–Crippen LogP) is 1.72. The average Bonchev–Trinajstić information content (AvgIpc) is 2.31. The monoisotopic (exact) mass is 206 g/mol. The minimum Gasteiger partial charge on any atom is -0.314 e. The minimum absolute atomic E-state index is 0.0894. The largest absolute Gasteiger partial charge is 0.314 e. The zero-order valence-corrected chi connectivity index (χ0v) is 8.86. The van der Waals surface area contributed by atoms with E-state index in [1.807, 2.05) is 4.90 Å². The summed E-state index contributed by atoms with van der Waals surface area (Å²) < 4.78 is 26.5. The van der Waals surface area contributed by atoms with Crippen LogP contribution in [-0.4, -0.2) is 44.0 Å². The van der Waals surface area contributed by atoms with Crippen LogP contribution in [0.25, 0.3) is 0 Å². The number of likely N-dealkylation sites (tertiary alicyclic amines) is 1. The van der Waals surface area contributed by atoms with E-state index in [9.17, 15) is 8.78 Å². The Labute approximate surface area is 84.7 Å². The molecule has 0 spiro atoms. The number of rotatable bonds is 4. The summed E-state index contributed by atoms with van der Waals surface area (Å²) in [4.78, 5) is 1.89. The van der Waals surface area contributed by atoms with Gasteiger partial charge in [0.05, 0.1) is 13.1 Å². The van der Waals surface area contributed by atoms with E-state index in [1.165, 1.54) is 12.8 Å². The second-order valence-corrected chi connectivity index (χ2v) is 4.08. The highest BCUT2D eigenvalue weighted by Gasteiger charge is 2.30. The van der Waals surface area contributed by atoms with Crippen LogP contribution in [0.2, 0.25) is 0 Å². The fourth-order valence-corrected chi connectivity index (χ4v) is 1.94. The topological polar surface area (TPSA) is 15.3 Å². The molecule has 0 radical (unpaired) electrons. The fourth-order valence-electron chi connectivity index (χ4n) is 1.94. The number of hydrogen-bond acceptors (Lipinski definition) is 2. The molecule has 84 valence electrons. The highest BCUT2D eigenvalue weighted by molar-refractivity contribution is 4.75. The van der Waals surface area contributed by atoms with Crippen molar-refractivity contribution >= 4 is 0 Å². The van der Waals surface area contributed by atoms with Gasteiger partial charge in [-0.3, -0.25) is 4.90 Å². The molecule has 0 aliphatic carbocycles. The Hall–Kier alpha value is -0.220. The lowest BCUT2D eigenvalue weighted by Crippen LogP contribution is -2.43. The van der Waals surface area contributed by atoms with Gasteiger partial charge in [-0.1, -0.05) is 12.8 Å². The average molecular weight is 206 g/mol. The molecule has 4 heteroatoms. The van der Waals surface area contributed by atoms with Crippen molar-refractivity contribution < 1.29 is 8.78 Å². The van der Waals surface area contributed by atoms with Gasteiger partial charge in [0.2, 0.25) is 0 Å². The molecule has 2 nitrogen and oxygen atoms in total. The summed E-state index contributed by atoms with van der Waals surface area (Å²) >= 11 is 0. The number of nitrogens with zero attached hydrogens (tertiary/aromatic N) is 1. The van der Waals surface area contributed by atoms with Crippen molar-refractivity contribution in [1.29, 1.82) is 0 Å². The molecule has 0 aromatic carbocycles. The fraction of sp³-hybridized carbons (Fsp3) is 1.00. The molecule has 1 heterocycles. The molecule has 1 aliphatic heterocycles. The standard InChI is InChI=1S/C10H20F2N2/c1-13-8-10(11,12)9-14-6-4-2-3-5-7-14/h13H,2-9H2,1H3. The van der Waals surface area contributed by atoms with Crippen LogP contribution in [0.4, 0.5) is 8.78 Å². The van der Waals surface area contributed by atoms with Gasteiger partial charge in [-0.15, -0.1) is 0 Å². The van der Waals surface area contributed by atoms with Crippen LogP contribution in [0, 0.1) is 0 Å². The normalized spacial score (nSPS) is 20.8. The smallest absolute Gasteiger partial charge is 0.272 e. The van der Waals surface area contributed by atoms with Crippen molar-refractivity contribution in [2.45, 2.75) is 31.6 Å². The van der Waals surface area contributed by atoms with Gasteiger partial charge in [-0.25, -0.2) is 8.78 Å². The summed E-state index contributed by atoms with van der Waals surface area (Å²) in [6.45, 7) is 1.36. The maximum absolute atomic E-state index is 13.2. The Kier molecular flexibility index (Phi) is 4.75. The molecule has 0 unspecified atom stereocenters. The molecule has 1 aliphatic rings. The first-order valence-electron chi connectivity index (χ1n) is 5.39. The van der Waals surface area contributed by atoms with Crippen molar-refractivity contribution in [1.82, 2.24) is 10.2 Å². The van der Waals surface area contributed by atoms with Crippen molar-refractivity contribution in [2.24, 2.45) is 0 Å². The summed E-state index contributed by atoms with van der Waals surface area (Å²) in [6.07, 6.45) is 4.51. The van der Waals surface area contributed by atoms with E-state index in [1.54, 1.807) is 7.05 Å². The molecule has 0 saturated carbocycles. The van der Waals surface area contributed by atoms with E-state index in [0.29, 0.717) is 0 Å². The Morgan fingerprint density at radius 1 is 1.14 bits per heavy atom. The Morgan fingerprint density at radius 3 is 2.21 bits per heavy atom. The van der Waals surface area contributed by atoms with E-state index in [4.69, 9.17) is 0 Å². The van der Waals surface area contributed by atoms with Crippen LogP contribution in [0.5, 0.6) is 0 Å². The third kappa shape index (κ3) is 4.33. The Balaban J connectivity index is 2.33. The lowest BCUT2D eigenvalue weighted by molar-refractivity contribution is -0.0283. The lowest BCUT2D eigenvalue weighted by atomic mass is 10.2. The molecule has 1 fully saturated rings. The Bertz CT molecular complexity index is 154. The highest BCUT2D eigenvalue weighted by Crippen LogP contribution is 2.17. The number of nitrogens with one attached hydrogen (secondary N) is 1. The number of hydrogen-bond donors (Lipinski definition) is 1. The second kappa shape index (κ2) is 5.61. The van der Waals surface area contributed by atoms with E-state index in [2.05, 4.69) is 5.32 Å². The summed E-state index contributed by atoms with van der Waals surface area (Å²) in [5.41, 5.74) is 0. The predicted molar refractivity (Wildman–Crippen MR) is 53.8 cm³/mol. The van der Waals surface area contributed by atoms with Crippen LogP contribution >= 0.6 is 0 Å². The van der Waals surface area contributed by atoms with Crippen LogP contribution in [-0.2, 0) is 0 Å². The molecule has 0 atom stereocenters. The Morgan fingerprint density at radius 2 is 1.71 bits per heavy atom. The van der Waals surface area contributed by atoms with Gasteiger partial charge in [0.15, 0.2) is 0 Å².